The highest BCUT2D eigenvalue weighted by Gasteiger charge is 2.47. The summed E-state index contributed by atoms with van der Waals surface area (Å²) < 4.78 is 342. The van der Waals surface area contributed by atoms with Crippen molar-refractivity contribution >= 4 is 39.6 Å². The van der Waals surface area contributed by atoms with Gasteiger partial charge in [0.05, 0.1) is 44.5 Å². The number of hydrogen-bond acceptors (Lipinski definition) is 4. The fourth-order valence-corrected chi connectivity index (χ4v) is 8.01. The molecule has 0 radical (unpaired) electrons. The van der Waals surface area contributed by atoms with Crippen molar-refractivity contribution in [3.8, 4) is 0 Å². The number of hydrogen-bond donors (Lipinski definition) is 0. The van der Waals surface area contributed by atoms with Crippen molar-refractivity contribution in [1.82, 2.24) is 0 Å². The highest BCUT2D eigenvalue weighted by Crippen LogP contribution is 2.41. The van der Waals surface area contributed by atoms with Crippen LogP contribution < -0.4 is 26.4 Å². The van der Waals surface area contributed by atoms with E-state index in [2.05, 4.69) is 0 Å². The Bertz CT molecular complexity index is 2770. The largest absolute Gasteiger partial charge is 0.416 e. The summed E-state index contributed by atoms with van der Waals surface area (Å²) in [6, 6.07) is 4.62. The first-order valence-corrected chi connectivity index (χ1v) is 20.9. The van der Waals surface area contributed by atoms with Gasteiger partial charge in [-0.1, -0.05) is 78.9 Å². The van der Waals surface area contributed by atoms with E-state index in [4.69, 9.17) is 0 Å². The third kappa shape index (κ3) is 14.3. The molecule has 0 aliphatic heterocycles. The molecule has 1 heterocycles. The molecule has 0 aliphatic rings. The first-order chi connectivity index (χ1) is 35.3. The fraction of sp³-hybridized carbons (Fsp3) is 0.213. The standard InChI is InChI=1S/C32H12BF24.C15H13N2O4/c34-25(35,36)13-1-14(26(37,38)39)6-21(5-13)33(22-7-15(27(40,41)42)2-16(8-22)28(43,44)45,23-9-17(29(46,47)48)3-18(10-23)30(49,50)51)24-11-19(31(52,53)54)4-20(12-24)32(55,56)57;18-14(12-6-2-1-3-7-12)10-16-9-5-4-8-13(16)15(19)11-17(20)21/h1-12H;1-9H,10-11H2/q-1;+1. The summed E-state index contributed by atoms with van der Waals surface area (Å²) in [6.45, 7) is -0.826. The van der Waals surface area contributed by atoms with Crippen LogP contribution in [0.25, 0.3) is 0 Å². The maximum Gasteiger partial charge on any atom is 0.416 e. The average molecular weight is 1150 g/mol. The van der Waals surface area contributed by atoms with E-state index in [9.17, 15) is 125 Å². The number of ketones is 2. The lowest BCUT2D eigenvalue weighted by atomic mass is 9.12. The van der Waals surface area contributed by atoms with Gasteiger partial charge >= 0.3 is 49.4 Å². The molecule has 0 N–H and O–H groups in total. The molecule has 0 bridgehead atoms. The van der Waals surface area contributed by atoms with Crippen LogP contribution >= 0.6 is 0 Å². The minimum absolute atomic E-state index is 0.0381. The van der Waals surface area contributed by atoms with Gasteiger partial charge in [0.15, 0.2) is 6.20 Å². The van der Waals surface area contributed by atoms with Crippen LogP contribution in [0.4, 0.5) is 105 Å². The van der Waals surface area contributed by atoms with Crippen molar-refractivity contribution in [2.24, 2.45) is 0 Å². The highest BCUT2D eigenvalue weighted by molar-refractivity contribution is 7.20. The van der Waals surface area contributed by atoms with Crippen LogP contribution in [0.15, 0.2) is 128 Å². The van der Waals surface area contributed by atoms with Gasteiger partial charge in [-0.15, -0.1) is 0 Å². The number of nitrogens with zero attached hydrogens (tertiary/aromatic N) is 2. The molecular weight excluding hydrogens is 1120 g/mol. The molecule has 0 saturated heterocycles. The van der Waals surface area contributed by atoms with Crippen molar-refractivity contribution in [1.29, 1.82) is 0 Å². The zero-order chi connectivity index (χ0) is 59.2. The molecule has 1 aromatic heterocycles. The molecule has 5 aromatic carbocycles. The lowest BCUT2D eigenvalue weighted by Crippen LogP contribution is -2.75. The van der Waals surface area contributed by atoms with Crippen LogP contribution in [-0.2, 0) is 56.0 Å². The molecule has 0 spiro atoms. The van der Waals surface area contributed by atoms with Gasteiger partial charge < -0.3 is 0 Å². The second-order valence-corrected chi connectivity index (χ2v) is 16.6. The van der Waals surface area contributed by atoms with Crippen LogP contribution in [0.1, 0.15) is 65.4 Å². The molecule has 0 atom stereocenters. The number of aromatic nitrogens is 1. The maximum absolute atomic E-state index is 14.2. The molecule has 78 heavy (non-hydrogen) atoms. The second-order valence-electron chi connectivity index (χ2n) is 16.6. The van der Waals surface area contributed by atoms with E-state index < -0.39 is 212 Å². The first-order valence-electron chi connectivity index (χ1n) is 20.9. The van der Waals surface area contributed by atoms with Crippen molar-refractivity contribution in [2.75, 3.05) is 6.54 Å². The third-order valence-corrected chi connectivity index (χ3v) is 11.3. The van der Waals surface area contributed by atoms with E-state index in [1.54, 1.807) is 48.7 Å². The number of Topliss-reactive ketones (excluding diaryl/α,β-unsaturated/α-hetero) is 2. The number of benzene rings is 5. The van der Waals surface area contributed by atoms with Gasteiger partial charge in [0.1, 0.15) is 6.15 Å². The Kier molecular flexibility index (Phi) is 16.7. The van der Waals surface area contributed by atoms with E-state index >= 15 is 0 Å². The summed E-state index contributed by atoms with van der Waals surface area (Å²) in [4.78, 5) is 33.7. The van der Waals surface area contributed by atoms with Gasteiger partial charge in [-0.2, -0.15) is 132 Å². The van der Waals surface area contributed by atoms with Crippen LogP contribution in [0.2, 0.25) is 0 Å². The molecule has 0 fully saturated rings. The molecule has 6 nitrogen and oxygen atoms in total. The molecule has 0 saturated carbocycles. The second kappa shape index (κ2) is 21.3. The molecule has 6 aromatic rings. The average Bonchev–Trinajstić information content (AvgIpc) is 3.29. The Morgan fingerprint density at radius 2 is 0.641 bits per heavy atom. The molecule has 31 heteroatoms. The summed E-state index contributed by atoms with van der Waals surface area (Å²) in [5.74, 6) is -0.789. The number of carbonyl (C=O) groups excluding carboxylic acids is 2. The molecule has 0 unspecified atom stereocenters. The highest BCUT2D eigenvalue weighted by atomic mass is 19.4. The number of pyridine rings is 1. The van der Waals surface area contributed by atoms with E-state index in [1.165, 1.54) is 10.6 Å². The summed E-state index contributed by atoms with van der Waals surface area (Å²) in [5.41, 5.74) is -29.5. The van der Waals surface area contributed by atoms with E-state index in [0.29, 0.717) is 5.56 Å². The smallest absolute Gasteiger partial charge is 0.287 e. The maximum atomic E-state index is 14.2. The van der Waals surface area contributed by atoms with E-state index in [1.807, 2.05) is 0 Å². The lowest BCUT2D eigenvalue weighted by molar-refractivity contribution is -0.685. The summed E-state index contributed by atoms with van der Waals surface area (Å²) >= 11 is 0. The van der Waals surface area contributed by atoms with Crippen LogP contribution in [0.5, 0.6) is 0 Å². The molecular formula is C47H25BF24N2O4. The van der Waals surface area contributed by atoms with Gasteiger partial charge in [-0.05, 0) is 30.3 Å². The predicted molar refractivity (Wildman–Crippen MR) is 224 cm³/mol. The van der Waals surface area contributed by atoms with Gasteiger partial charge in [-0.25, -0.2) is 0 Å². The quantitative estimate of drug-likeness (QED) is 0.0342. The predicted octanol–water partition coefficient (Wildman–Crippen LogP) is 12.5. The van der Waals surface area contributed by atoms with Gasteiger partial charge in [0.25, 0.3) is 18.0 Å². The SMILES string of the molecule is FC(F)(F)c1cc([B-](c2cc(C(F)(F)F)cc(C(F)(F)F)c2)(c2cc(C(F)(F)F)cc(C(F)(F)F)c2)c2cc(C(F)(F)F)cc(C(F)(F)F)c2)cc(C(F)(F)F)c1.O=C(C[n+]1ccccc1C(=O)C[N+](=O)[O-])c1ccccc1. The van der Waals surface area contributed by atoms with Crippen molar-refractivity contribution in [3.05, 3.63) is 193 Å². The number of halogens is 24. The van der Waals surface area contributed by atoms with Gasteiger partial charge in [0.2, 0.25) is 12.3 Å². The van der Waals surface area contributed by atoms with E-state index in [-0.39, 0.29) is 18.0 Å². The topological polar surface area (TPSA) is 81.2 Å². The third-order valence-electron chi connectivity index (χ3n) is 11.3. The zero-order valence-electron chi connectivity index (χ0n) is 37.7. The van der Waals surface area contributed by atoms with E-state index in [0.717, 1.165) is 0 Å². The van der Waals surface area contributed by atoms with Crippen molar-refractivity contribution in [3.63, 3.8) is 0 Å². The monoisotopic (exact) mass is 1150 g/mol. The summed E-state index contributed by atoms with van der Waals surface area (Å²) in [7, 11) is 0. The van der Waals surface area contributed by atoms with Crippen LogP contribution in [-0.4, -0.2) is 29.2 Å². The number of rotatable bonds is 10. The summed E-state index contributed by atoms with van der Waals surface area (Å²) in [6.07, 6.45) is -53.2. The number of nitro groups is 1. The Hall–Kier alpha value is -7.63. The minimum Gasteiger partial charge on any atom is -0.287 e. The normalized spacial score (nSPS) is 13.2. The van der Waals surface area contributed by atoms with Crippen LogP contribution in [0.3, 0.4) is 0 Å². The van der Waals surface area contributed by atoms with Crippen LogP contribution in [0, 0.1) is 10.1 Å². The zero-order valence-corrected chi connectivity index (χ0v) is 37.7. The first kappa shape index (κ1) is 61.2. The molecule has 6 rings (SSSR count). The van der Waals surface area contributed by atoms with Gasteiger partial charge in [0, 0.05) is 22.6 Å². The minimum atomic E-state index is -6.13. The Morgan fingerprint density at radius 1 is 0.385 bits per heavy atom. The van der Waals surface area contributed by atoms with Crippen molar-refractivity contribution < 1.29 is 124 Å². The Balaban J connectivity index is 0.000000443. The van der Waals surface area contributed by atoms with Gasteiger partial charge in [-0.3, -0.25) is 19.7 Å². The summed E-state index contributed by atoms with van der Waals surface area (Å²) in [5, 5.41) is 10.4. The number of carbonyl (C=O) groups is 2. The molecule has 0 aliphatic carbocycles. The Labute approximate surface area is 419 Å². The lowest BCUT2D eigenvalue weighted by Gasteiger charge is -2.46. The molecule has 0 amide bonds. The Morgan fingerprint density at radius 3 is 0.885 bits per heavy atom. The number of alkyl halides is 24. The van der Waals surface area contributed by atoms with Crippen molar-refractivity contribution in [2.45, 2.75) is 56.0 Å². The molecule has 418 valence electrons. The fourth-order valence-electron chi connectivity index (χ4n) is 8.01.